The highest BCUT2D eigenvalue weighted by atomic mass is 16.6. The largest absolute Gasteiger partial charge is 0.294 e. The van der Waals surface area contributed by atoms with Crippen molar-refractivity contribution in [1.82, 2.24) is 0 Å². The van der Waals surface area contributed by atoms with E-state index in [0.29, 0.717) is 12.0 Å². The van der Waals surface area contributed by atoms with E-state index in [0.717, 1.165) is 11.1 Å². The predicted molar refractivity (Wildman–Crippen MR) is 125 cm³/mol. The van der Waals surface area contributed by atoms with Gasteiger partial charge in [-0.1, -0.05) is 110 Å². The predicted octanol–water partition coefficient (Wildman–Crippen LogP) is 6.29. The molecule has 4 nitrogen and oxygen atoms in total. The van der Waals surface area contributed by atoms with Gasteiger partial charge in [0.05, 0.1) is 5.92 Å². The SMILES string of the molecule is CC[C@H](c1ccccc1)[C@H](C(=O)c1ccccc1)[C@H](/C=C/c1ccccc1)C[N+](=O)[O-]. The third-order valence-electron chi connectivity index (χ3n) is 5.62. The van der Waals surface area contributed by atoms with Crippen molar-refractivity contribution in [1.29, 1.82) is 0 Å². The summed E-state index contributed by atoms with van der Waals surface area (Å²) in [4.78, 5) is 25.0. The van der Waals surface area contributed by atoms with Gasteiger partial charge >= 0.3 is 0 Å². The average Bonchev–Trinajstić information content (AvgIpc) is 2.81. The zero-order valence-electron chi connectivity index (χ0n) is 17.6. The van der Waals surface area contributed by atoms with Gasteiger partial charge in [0.2, 0.25) is 6.54 Å². The van der Waals surface area contributed by atoms with E-state index in [1.807, 2.05) is 97.9 Å². The fourth-order valence-corrected chi connectivity index (χ4v) is 4.13. The summed E-state index contributed by atoms with van der Waals surface area (Å²) >= 11 is 0. The van der Waals surface area contributed by atoms with Crippen LogP contribution in [-0.2, 0) is 0 Å². The van der Waals surface area contributed by atoms with Gasteiger partial charge in [-0.25, -0.2) is 0 Å². The number of hydrogen-bond donors (Lipinski definition) is 0. The number of nitro groups is 1. The first-order chi connectivity index (χ1) is 15.1. The minimum absolute atomic E-state index is 0.0548. The molecule has 0 amide bonds. The molecule has 3 aromatic carbocycles. The molecule has 0 aliphatic carbocycles. The van der Waals surface area contributed by atoms with Crippen molar-refractivity contribution in [2.45, 2.75) is 19.3 Å². The van der Waals surface area contributed by atoms with Crippen molar-refractivity contribution in [3.05, 3.63) is 124 Å². The second-order valence-electron chi connectivity index (χ2n) is 7.63. The zero-order valence-corrected chi connectivity index (χ0v) is 17.6. The van der Waals surface area contributed by atoms with Crippen molar-refractivity contribution >= 4 is 11.9 Å². The van der Waals surface area contributed by atoms with E-state index < -0.39 is 11.8 Å². The normalized spacial score (nSPS) is 14.1. The molecule has 0 bridgehead atoms. The number of Topliss-reactive ketones (excluding diaryl/α,β-unsaturated/α-hetero) is 1. The van der Waals surface area contributed by atoms with Crippen LogP contribution in [0.4, 0.5) is 0 Å². The van der Waals surface area contributed by atoms with Crippen LogP contribution in [0.3, 0.4) is 0 Å². The van der Waals surface area contributed by atoms with Gasteiger partial charge < -0.3 is 0 Å². The standard InChI is InChI=1S/C27H27NO3/c1-2-25(22-14-8-4-9-15-22)26(27(29)23-16-10-5-11-17-23)24(20-28(30)31)19-18-21-12-6-3-7-13-21/h3-19,24-26H,2,20H2,1H3/b19-18+/t24-,25-,26-/m1/s1. The third-order valence-corrected chi connectivity index (χ3v) is 5.62. The minimum atomic E-state index is -0.542. The highest BCUT2D eigenvalue weighted by molar-refractivity contribution is 5.98. The van der Waals surface area contributed by atoms with Gasteiger partial charge in [0.25, 0.3) is 0 Å². The Morgan fingerprint density at radius 3 is 2.00 bits per heavy atom. The van der Waals surface area contributed by atoms with Crippen molar-refractivity contribution in [3.63, 3.8) is 0 Å². The molecule has 0 heterocycles. The maximum absolute atomic E-state index is 13.7. The minimum Gasteiger partial charge on any atom is -0.294 e. The Kier molecular flexibility index (Phi) is 7.88. The van der Waals surface area contributed by atoms with E-state index in [4.69, 9.17) is 0 Å². The molecular weight excluding hydrogens is 386 g/mol. The smallest absolute Gasteiger partial charge is 0.210 e. The summed E-state index contributed by atoms with van der Waals surface area (Å²) in [5, 5.41) is 11.6. The van der Waals surface area contributed by atoms with Crippen LogP contribution in [0.25, 0.3) is 6.08 Å². The highest BCUT2D eigenvalue weighted by Crippen LogP contribution is 2.37. The average molecular weight is 414 g/mol. The molecule has 0 saturated heterocycles. The van der Waals surface area contributed by atoms with Crippen LogP contribution in [0.15, 0.2) is 97.1 Å². The molecule has 31 heavy (non-hydrogen) atoms. The van der Waals surface area contributed by atoms with E-state index in [-0.39, 0.29) is 23.2 Å². The van der Waals surface area contributed by atoms with E-state index in [2.05, 4.69) is 0 Å². The Bertz CT molecular complexity index is 1000. The van der Waals surface area contributed by atoms with E-state index in [9.17, 15) is 14.9 Å². The fourth-order valence-electron chi connectivity index (χ4n) is 4.13. The van der Waals surface area contributed by atoms with Crippen LogP contribution < -0.4 is 0 Å². The topological polar surface area (TPSA) is 60.2 Å². The summed E-state index contributed by atoms with van der Waals surface area (Å²) in [6, 6.07) is 28.6. The molecule has 0 spiro atoms. The molecule has 0 saturated carbocycles. The number of benzene rings is 3. The van der Waals surface area contributed by atoms with E-state index in [1.54, 1.807) is 12.1 Å². The number of carbonyl (C=O) groups is 1. The molecule has 3 rings (SSSR count). The molecule has 0 N–H and O–H groups in total. The molecule has 0 radical (unpaired) electrons. The summed E-state index contributed by atoms with van der Waals surface area (Å²) in [6.45, 7) is 1.74. The Balaban J connectivity index is 2.07. The number of carbonyl (C=O) groups excluding carboxylic acids is 1. The van der Waals surface area contributed by atoms with Gasteiger partial charge in [-0.2, -0.15) is 0 Å². The number of hydrogen-bond acceptors (Lipinski definition) is 3. The molecule has 0 unspecified atom stereocenters. The van der Waals surface area contributed by atoms with Gasteiger partial charge in [0.15, 0.2) is 5.78 Å². The fraction of sp³-hybridized carbons (Fsp3) is 0.222. The Hall–Kier alpha value is -3.53. The lowest BCUT2D eigenvalue weighted by Gasteiger charge is -2.29. The Morgan fingerprint density at radius 2 is 1.45 bits per heavy atom. The summed E-state index contributed by atoms with van der Waals surface area (Å²) < 4.78 is 0. The van der Waals surface area contributed by atoms with Crippen molar-refractivity contribution in [2.75, 3.05) is 6.54 Å². The first-order valence-corrected chi connectivity index (χ1v) is 10.6. The lowest BCUT2D eigenvalue weighted by molar-refractivity contribution is -0.487. The molecule has 0 aliphatic rings. The second kappa shape index (κ2) is 11.0. The van der Waals surface area contributed by atoms with E-state index in [1.165, 1.54) is 0 Å². The first kappa shape index (κ1) is 22.2. The van der Waals surface area contributed by atoms with Crippen molar-refractivity contribution in [3.8, 4) is 0 Å². The maximum atomic E-state index is 13.7. The number of ketones is 1. The van der Waals surface area contributed by atoms with Crippen LogP contribution in [0.1, 0.15) is 40.7 Å². The summed E-state index contributed by atoms with van der Waals surface area (Å²) in [7, 11) is 0. The first-order valence-electron chi connectivity index (χ1n) is 10.6. The summed E-state index contributed by atoms with van der Waals surface area (Å²) in [6.07, 6.45) is 4.44. The van der Waals surface area contributed by atoms with Crippen molar-refractivity contribution in [2.24, 2.45) is 11.8 Å². The molecule has 3 aromatic rings. The van der Waals surface area contributed by atoms with Crippen LogP contribution in [0.5, 0.6) is 0 Å². The van der Waals surface area contributed by atoms with Crippen LogP contribution >= 0.6 is 0 Å². The molecule has 3 atom stereocenters. The van der Waals surface area contributed by atoms with E-state index >= 15 is 0 Å². The van der Waals surface area contributed by atoms with Gasteiger partial charge in [-0.3, -0.25) is 14.9 Å². The lowest BCUT2D eigenvalue weighted by atomic mass is 9.72. The molecule has 0 aromatic heterocycles. The molecule has 4 heteroatoms. The van der Waals surface area contributed by atoms with Crippen LogP contribution in [-0.4, -0.2) is 17.3 Å². The third kappa shape index (κ3) is 5.98. The summed E-state index contributed by atoms with van der Waals surface area (Å²) in [5.41, 5.74) is 2.57. The molecule has 158 valence electrons. The monoisotopic (exact) mass is 413 g/mol. The van der Waals surface area contributed by atoms with Gasteiger partial charge in [-0.15, -0.1) is 0 Å². The highest BCUT2D eigenvalue weighted by Gasteiger charge is 2.37. The van der Waals surface area contributed by atoms with Gasteiger partial charge in [0.1, 0.15) is 0 Å². The van der Waals surface area contributed by atoms with Gasteiger partial charge in [0, 0.05) is 16.4 Å². The Morgan fingerprint density at radius 1 is 0.903 bits per heavy atom. The molecule has 0 fully saturated rings. The van der Waals surface area contributed by atoms with Crippen LogP contribution in [0, 0.1) is 22.0 Å². The van der Waals surface area contributed by atoms with Crippen LogP contribution in [0.2, 0.25) is 0 Å². The van der Waals surface area contributed by atoms with Crippen molar-refractivity contribution < 1.29 is 9.72 Å². The Labute approximate surface area is 183 Å². The molecular formula is C27H27NO3. The maximum Gasteiger partial charge on any atom is 0.210 e. The second-order valence-corrected chi connectivity index (χ2v) is 7.63. The number of rotatable bonds is 10. The lowest BCUT2D eigenvalue weighted by Crippen LogP contribution is -2.33. The summed E-state index contributed by atoms with van der Waals surface area (Å²) in [5.74, 6) is -1.26. The quantitative estimate of drug-likeness (QED) is 0.223. The molecule has 0 aliphatic heterocycles. The number of nitrogens with zero attached hydrogens (tertiary/aromatic N) is 1. The zero-order chi connectivity index (χ0) is 22.1. The van der Waals surface area contributed by atoms with Gasteiger partial charge in [-0.05, 0) is 23.5 Å².